The molecule has 0 spiro atoms. The number of nitrogens with zero attached hydrogens (tertiary/aromatic N) is 2. The Morgan fingerprint density at radius 1 is 1.25 bits per heavy atom. The smallest absolute Gasteiger partial charge is 0.271 e. The van der Waals surface area contributed by atoms with Gasteiger partial charge in [0.2, 0.25) is 5.91 Å². The van der Waals surface area contributed by atoms with Crippen molar-refractivity contribution in [3.63, 3.8) is 0 Å². The number of hydrogen-bond acceptors (Lipinski definition) is 4. The van der Waals surface area contributed by atoms with Crippen molar-refractivity contribution in [1.82, 2.24) is 14.8 Å². The lowest BCUT2D eigenvalue weighted by Gasteiger charge is -2.44. The van der Waals surface area contributed by atoms with Crippen LogP contribution in [0.3, 0.4) is 0 Å². The van der Waals surface area contributed by atoms with Crippen LogP contribution in [0, 0.1) is 0 Å². The molecule has 0 saturated heterocycles. The summed E-state index contributed by atoms with van der Waals surface area (Å²) in [6.45, 7) is 7.54. The van der Waals surface area contributed by atoms with Crippen molar-refractivity contribution in [2.75, 3.05) is 13.2 Å². The quantitative estimate of drug-likeness (QED) is 0.595. The molecule has 0 bridgehead atoms. The number of aromatic nitrogens is 1. The average Bonchev–Trinajstić information content (AvgIpc) is 3.31. The van der Waals surface area contributed by atoms with Crippen LogP contribution < -0.4 is 5.32 Å². The van der Waals surface area contributed by atoms with Gasteiger partial charge in [-0.15, -0.1) is 11.3 Å². The lowest BCUT2D eigenvalue weighted by Crippen LogP contribution is -2.65. The Labute approximate surface area is 195 Å². The maximum atomic E-state index is 13.7. The molecule has 0 unspecified atom stereocenters. The van der Waals surface area contributed by atoms with E-state index in [0.29, 0.717) is 31.8 Å². The first-order valence-corrected chi connectivity index (χ1v) is 13.1. The topological polar surface area (TPSA) is 63.6 Å². The van der Waals surface area contributed by atoms with Crippen molar-refractivity contribution in [1.29, 1.82) is 0 Å². The van der Waals surface area contributed by atoms with Crippen LogP contribution >= 0.6 is 11.3 Å². The average molecular weight is 460 g/mol. The summed E-state index contributed by atoms with van der Waals surface area (Å²) in [5, 5.41) is 5.39. The summed E-state index contributed by atoms with van der Waals surface area (Å²) in [5.41, 5.74) is 0.817. The van der Waals surface area contributed by atoms with Crippen LogP contribution in [0.5, 0.6) is 0 Å². The maximum absolute atomic E-state index is 13.7. The van der Waals surface area contributed by atoms with E-state index in [0.717, 1.165) is 35.9 Å². The minimum Gasteiger partial charge on any atom is -0.379 e. The van der Waals surface area contributed by atoms with Gasteiger partial charge in [0.1, 0.15) is 11.2 Å². The molecule has 2 aromatic rings. The molecule has 2 aliphatic rings. The summed E-state index contributed by atoms with van der Waals surface area (Å²) in [6, 6.07) is 4.23. The van der Waals surface area contributed by atoms with Crippen molar-refractivity contribution >= 4 is 33.4 Å². The second-order valence-corrected chi connectivity index (χ2v) is 10.8. The molecule has 7 heteroatoms. The van der Waals surface area contributed by atoms with Crippen molar-refractivity contribution in [2.45, 2.75) is 96.4 Å². The monoisotopic (exact) mass is 459 g/mol. The van der Waals surface area contributed by atoms with Crippen molar-refractivity contribution in [3.05, 3.63) is 23.2 Å². The fraction of sp³-hybridized carbons (Fsp3) is 0.680. The van der Waals surface area contributed by atoms with E-state index in [2.05, 4.69) is 11.4 Å². The summed E-state index contributed by atoms with van der Waals surface area (Å²) in [4.78, 5) is 29.2. The molecule has 32 heavy (non-hydrogen) atoms. The van der Waals surface area contributed by atoms with Gasteiger partial charge in [-0.05, 0) is 57.5 Å². The Morgan fingerprint density at radius 2 is 1.97 bits per heavy atom. The molecule has 2 aromatic heterocycles. The predicted octanol–water partition coefficient (Wildman–Crippen LogP) is 4.96. The Bertz CT molecular complexity index is 942. The van der Waals surface area contributed by atoms with E-state index < -0.39 is 5.54 Å². The summed E-state index contributed by atoms with van der Waals surface area (Å²) in [7, 11) is 0. The Morgan fingerprint density at radius 3 is 2.69 bits per heavy atom. The fourth-order valence-corrected chi connectivity index (χ4v) is 5.93. The molecule has 1 aliphatic carbocycles. The Kier molecular flexibility index (Phi) is 7.25. The molecular formula is C25H37N3O3S. The number of ether oxygens (including phenoxy) is 1. The molecule has 0 aromatic carbocycles. The molecule has 1 saturated carbocycles. The highest BCUT2D eigenvalue weighted by atomic mass is 32.1. The number of carbonyl (C=O) groups excluding carboxylic acids is 2. The highest BCUT2D eigenvalue weighted by Gasteiger charge is 2.47. The maximum Gasteiger partial charge on any atom is 0.271 e. The van der Waals surface area contributed by atoms with Crippen molar-refractivity contribution in [3.8, 4) is 0 Å². The number of nitrogens with one attached hydrogen (secondary N) is 1. The van der Waals surface area contributed by atoms with Gasteiger partial charge in [0.25, 0.3) is 5.91 Å². The van der Waals surface area contributed by atoms with Gasteiger partial charge in [0.15, 0.2) is 0 Å². The Balaban J connectivity index is 1.58. The number of carbonyl (C=O) groups is 2. The molecule has 1 aliphatic heterocycles. The SMILES string of the molecule is CC(C)OCCCN1C(=O)c2cc3sccc3n2C[C@]1(C)C(=O)NC1CCCCCCC1. The molecule has 6 nitrogen and oxygen atoms in total. The zero-order valence-corrected chi connectivity index (χ0v) is 20.5. The highest BCUT2D eigenvalue weighted by Crippen LogP contribution is 2.34. The summed E-state index contributed by atoms with van der Waals surface area (Å²) in [5.74, 6) is -0.0801. The molecular weight excluding hydrogens is 422 g/mol. The Hall–Kier alpha value is -1.86. The van der Waals surface area contributed by atoms with E-state index in [1.54, 1.807) is 16.2 Å². The van der Waals surface area contributed by atoms with E-state index >= 15 is 0 Å². The molecule has 1 fully saturated rings. The van der Waals surface area contributed by atoms with E-state index in [-0.39, 0.29) is 24.0 Å². The first-order valence-electron chi connectivity index (χ1n) is 12.2. The van der Waals surface area contributed by atoms with Gasteiger partial charge in [-0.3, -0.25) is 9.59 Å². The molecule has 0 radical (unpaired) electrons. The number of fused-ring (bicyclic) bond motifs is 3. The zero-order valence-electron chi connectivity index (χ0n) is 19.7. The summed E-state index contributed by atoms with van der Waals surface area (Å²) < 4.78 is 8.85. The summed E-state index contributed by atoms with van der Waals surface area (Å²) >= 11 is 1.64. The minimum absolute atomic E-state index is 0.0241. The van der Waals surface area contributed by atoms with Crippen LogP contribution in [0.4, 0.5) is 0 Å². The standard InChI is InChI=1S/C25H37N3O3S/c1-18(2)31-14-9-13-28-23(29)21-16-22-20(12-15-32-22)27(21)17-25(28,3)24(30)26-19-10-7-5-4-6-8-11-19/h12,15-16,18-19H,4-11,13-14,17H2,1-3H3,(H,26,30)/t25-/m1/s1. The number of hydrogen-bond donors (Lipinski definition) is 1. The number of thiophene rings is 1. The number of rotatable bonds is 7. The molecule has 176 valence electrons. The predicted molar refractivity (Wildman–Crippen MR) is 129 cm³/mol. The van der Waals surface area contributed by atoms with Gasteiger partial charge < -0.3 is 19.5 Å². The lowest BCUT2D eigenvalue weighted by molar-refractivity contribution is -0.133. The lowest BCUT2D eigenvalue weighted by atomic mass is 9.92. The third-order valence-electron chi connectivity index (χ3n) is 6.96. The van der Waals surface area contributed by atoms with E-state index in [1.165, 1.54) is 19.3 Å². The van der Waals surface area contributed by atoms with Crippen LogP contribution in [0.2, 0.25) is 0 Å². The molecule has 4 rings (SSSR count). The van der Waals surface area contributed by atoms with Crippen molar-refractivity contribution < 1.29 is 14.3 Å². The van der Waals surface area contributed by atoms with Crippen LogP contribution in [0.1, 0.15) is 82.6 Å². The minimum atomic E-state index is -0.918. The van der Waals surface area contributed by atoms with E-state index in [9.17, 15) is 9.59 Å². The molecule has 2 amide bonds. The van der Waals surface area contributed by atoms with Crippen molar-refractivity contribution in [2.24, 2.45) is 0 Å². The molecule has 1 atom stereocenters. The largest absolute Gasteiger partial charge is 0.379 e. The van der Waals surface area contributed by atoms with Gasteiger partial charge in [-0.2, -0.15) is 0 Å². The zero-order chi connectivity index (χ0) is 22.7. The third kappa shape index (κ3) is 4.74. The highest BCUT2D eigenvalue weighted by molar-refractivity contribution is 7.17. The van der Waals surface area contributed by atoms with E-state index in [4.69, 9.17) is 4.74 Å². The van der Waals surface area contributed by atoms with Crippen LogP contribution in [-0.2, 0) is 16.1 Å². The molecule has 3 heterocycles. The van der Waals surface area contributed by atoms with Gasteiger partial charge in [0.05, 0.1) is 22.9 Å². The van der Waals surface area contributed by atoms with Gasteiger partial charge in [0, 0.05) is 19.2 Å². The first kappa shape index (κ1) is 23.3. The second kappa shape index (κ2) is 9.96. The first-order chi connectivity index (χ1) is 15.4. The number of amides is 2. The van der Waals surface area contributed by atoms with E-state index in [1.807, 2.05) is 36.8 Å². The van der Waals surface area contributed by atoms with Gasteiger partial charge >= 0.3 is 0 Å². The molecule has 1 N–H and O–H groups in total. The van der Waals surface area contributed by atoms with Gasteiger partial charge in [-0.1, -0.05) is 32.1 Å². The third-order valence-corrected chi connectivity index (χ3v) is 7.81. The van der Waals surface area contributed by atoms with Crippen LogP contribution in [-0.4, -0.2) is 52.1 Å². The normalized spacial score (nSPS) is 22.8. The van der Waals surface area contributed by atoms with Crippen LogP contribution in [0.15, 0.2) is 17.5 Å². The summed E-state index contributed by atoms with van der Waals surface area (Å²) in [6.07, 6.45) is 9.04. The fourth-order valence-electron chi connectivity index (χ4n) is 5.11. The van der Waals surface area contributed by atoms with Gasteiger partial charge in [-0.25, -0.2) is 0 Å². The van der Waals surface area contributed by atoms with Crippen LogP contribution in [0.25, 0.3) is 10.2 Å². The second-order valence-electron chi connectivity index (χ2n) is 9.81.